The summed E-state index contributed by atoms with van der Waals surface area (Å²) in [4.78, 5) is 14.0. The number of benzene rings is 1. The van der Waals surface area contributed by atoms with Crippen molar-refractivity contribution >= 4 is 15.9 Å². The number of carbonyl (C=O) groups is 1. The molecule has 6 nitrogen and oxygen atoms in total. The Balaban J connectivity index is 1.52. The second kappa shape index (κ2) is 7.80. The van der Waals surface area contributed by atoms with Crippen LogP contribution >= 0.6 is 0 Å². The highest BCUT2D eigenvalue weighted by Crippen LogP contribution is 2.19. The third-order valence-electron chi connectivity index (χ3n) is 4.85. The summed E-state index contributed by atoms with van der Waals surface area (Å²) in [6, 6.07) is 5.35. The normalized spacial score (nSPS) is 20.7. The van der Waals surface area contributed by atoms with Gasteiger partial charge in [-0.3, -0.25) is 9.69 Å². The Kier molecular flexibility index (Phi) is 5.71. The minimum Gasteiger partial charge on any atom is -0.352 e. The second-order valence-electron chi connectivity index (χ2n) is 6.69. The number of sulfonamides is 1. The molecule has 1 aliphatic heterocycles. The van der Waals surface area contributed by atoms with Gasteiger partial charge in [0.1, 0.15) is 5.82 Å². The number of carbonyl (C=O) groups excluding carboxylic acids is 1. The maximum Gasteiger partial charge on any atom is 0.243 e. The summed E-state index contributed by atoms with van der Waals surface area (Å²) in [5.41, 5.74) is 0. The van der Waals surface area contributed by atoms with Crippen molar-refractivity contribution in [3.63, 3.8) is 0 Å². The Bertz CT molecular complexity index is 712. The molecule has 0 spiro atoms. The van der Waals surface area contributed by atoms with Gasteiger partial charge in [-0.2, -0.15) is 4.31 Å². The molecule has 0 bridgehead atoms. The third-order valence-corrected chi connectivity index (χ3v) is 6.75. The molecule has 1 saturated heterocycles. The first kappa shape index (κ1) is 18.3. The SMILES string of the molecule is O=C(CN1CCN(S(=O)(=O)c2cccc(F)c2)CC1)NC1CCCC1. The average molecular weight is 369 g/mol. The van der Waals surface area contributed by atoms with E-state index in [1.54, 1.807) is 0 Å². The Morgan fingerprint density at radius 1 is 1.16 bits per heavy atom. The molecule has 138 valence electrons. The van der Waals surface area contributed by atoms with Crippen LogP contribution < -0.4 is 5.32 Å². The molecule has 0 atom stereocenters. The lowest BCUT2D eigenvalue weighted by atomic mass is 10.2. The highest BCUT2D eigenvalue weighted by atomic mass is 32.2. The number of halogens is 1. The van der Waals surface area contributed by atoms with Crippen molar-refractivity contribution in [1.29, 1.82) is 0 Å². The number of rotatable bonds is 5. The Labute approximate surface area is 148 Å². The van der Waals surface area contributed by atoms with Crippen LogP contribution in [0, 0.1) is 5.82 Å². The van der Waals surface area contributed by atoms with Crippen LogP contribution in [-0.4, -0.2) is 62.3 Å². The summed E-state index contributed by atoms with van der Waals surface area (Å²) in [5, 5.41) is 3.05. The van der Waals surface area contributed by atoms with Gasteiger partial charge >= 0.3 is 0 Å². The summed E-state index contributed by atoms with van der Waals surface area (Å²) in [7, 11) is -3.69. The van der Waals surface area contributed by atoms with Gasteiger partial charge in [-0.1, -0.05) is 18.9 Å². The predicted octanol–water partition coefficient (Wildman–Crippen LogP) is 1.19. The predicted molar refractivity (Wildman–Crippen MR) is 92.0 cm³/mol. The number of hydrogen-bond acceptors (Lipinski definition) is 4. The number of hydrogen-bond donors (Lipinski definition) is 1. The molecule has 2 fully saturated rings. The summed E-state index contributed by atoms with van der Waals surface area (Å²) in [6.45, 7) is 1.88. The van der Waals surface area contributed by atoms with Gasteiger partial charge in [0.2, 0.25) is 15.9 Å². The van der Waals surface area contributed by atoms with Crippen LogP contribution in [0.1, 0.15) is 25.7 Å². The van der Waals surface area contributed by atoms with Crippen molar-refractivity contribution in [3.05, 3.63) is 30.1 Å². The van der Waals surface area contributed by atoms with E-state index in [0.717, 1.165) is 18.9 Å². The van der Waals surface area contributed by atoms with Gasteiger partial charge in [0, 0.05) is 32.2 Å². The number of nitrogens with zero attached hydrogens (tertiary/aromatic N) is 2. The zero-order chi connectivity index (χ0) is 17.9. The fourth-order valence-corrected chi connectivity index (χ4v) is 4.91. The van der Waals surface area contributed by atoms with E-state index >= 15 is 0 Å². The summed E-state index contributed by atoms with van der Waals surface area (Å²) in [6.07, 6.45) is 4.43. The van der Waals surface area contributed by atoms with E-state index in [2.05, 4.69) is 5.32 Å². The fourth-order valence-electron chi connectivity index (χ4n) is 3.45. The van der Waals surface area contributed by atoms with E-state index in [1.807, 2.05) is 4.90 Å². The van der Waals surface area contributed by atoms with E-state index in [0.29, 0.717) is 38.8 Å². The lowest BCUT2D eigenvalue weighted by Crippen LogP contribution is -2.51. The molecular formula is C17H24FN3O3S. The summed E-state index contributed by atoms with van der Waals surface area (Å²) in [5.74, 6) is -0.559. The molecule has 25 heavy (non-hydrogen) atoms. The van der Waals surface area contributed by atoms with E-state index in [1.165, 1.54) is 35.3 Å². The largest absolute Gasteiger partial charge is 0.352 e. The molecule has 1 N–H and O–H groups in total. The second-order valence-corrected chi connectivity index (χ2v) is 8.62. The van der Waals surface area contributed by atoms with Gasteiger partial charge < -0.3 is 5.32 Å². The first-order chi connectivity index (χ1) is 11.9. The molecule has 1 aliphatic carbocycles. The quantitative estimate of drug-likeness (QED) is 0.847. The lowest BCUT2D eigenvalue weighted by molar-refractivity contribution is -0.123. The molecule has 3 rings (SSSR count). The van der Waals surface area contributed by atoms with Gasteiger partial charge in [0.05, 0.1) is 11.4 Å². The van der Waals surface area contributed by atoms with Crippen molar-refractivity contribution in [2.75, 3.05) is 32.7 Å². The van der Waals surface area contributed by atoms with Crippen LogP contribution in [0.4, 0.5) is 4.39 Å². The molecule has 1 heterocycles. The molecule has 2 aliphatic rings. The van der Waals surface area contributed by atoms with Gasteiger partial charge in [0.15, 0.2) is 0 Å². The van der Waals surface area contributed by atoms with Crippen LogP contribution in [0.15, 0.2) is 29.2 Å². The lowest BCUT2D eigenvalue weighted by Gasteiger charge is -2.33. The number of nitrogens with one attached hydrogen (secondary N) is 1. The van der Waals surface area contributed by atoms with Crippen molar-refractivity contribution < 1.29 is 17.6 Å². The molecule has 8 heteroatoms. The van der Waals surface area contributed by atoms with Gasteiger partial charge in [-0.05, 0) is 31.0 Å². The average Bonchev–Trinajstić information content (AvgIpc) is 3.08. The first-order valence-corrected chi connectivity index (χ1v) is 10.2. The van der Waals surface area contributed by atoms with Crippen molar-refractivity contribution in [1.82, 2.24) is 14.5 Å². The molecule has 1 saturated carbocycles. The van der Waals surface area contributed by atoms with E-state index in [-0.39, 0.29) is 10.8 Å². The number of amides is 1. The van der Waals surface area contributed by atoms with Crippen molar-refractivity contribution in [2.45, 2.75) is 36.6 Å². The van der Waals surface area contributed by atoms with Crippen LogP contribution in [0.2, 0.25) is 0 Å². The maximum absolute atomic E-state index is 13.3. The Hall–Kier alpha value is -1.51. The Morgan fingerprint density at radius 3 is 2.48 bits per heavy atom. The molecule has 1 aromatic rings. The zero-order valence-electron chi connectivity index (χ0n) is 14.2. The maximum atomic E-state index is 13.3. The van der Waals surface area contributed by atoms with E-state index < -0.39 is 15.8 Å². The number of piperazine rings is 1. The smallest absolute Gasteiger partial charge is 0.243 e. The standard InChI is InChI=1S/C17H24FN3O3S/c18-14-4-3-7-16(12-14)25(23,24)21-10-8-20(9-11-21)13-17(22)19-15-5-1-2-6-15/h3-4,7,12,15H,1-2,5-6,8-11,13H2,(H,19,22). The van der Waals surface area contributed by atoms with Crippen LogP contribution in [-0.2, 0) is 14.8 Å². The zero-order valence-corrected chi connectivity index (χ0v) is 15.0. The van der Waals surface area contributed by atoms with Gasteiger partial charge in [-0.15, -0.1) is 0 Å². The summed E-state index contributed by atoms with van der Waals surface area (Å²) >= 11 is 0. The fraction of sp³-hybridized carbons (Fsp3) is 0.588. The molecular weight excluding hydrogens is 345 g/mol. The minimum atomic E-state index is -3.69. The molecule has 0 radical (unpaired) electrons. The summed E-state index contributed by atoms with van der Waals surface area (Å²) < 4.78 is 39.8. The molecule has 1 aromatic carbocycles. The highest BCUT2D eigenvalue weighted by Gasteiger charge is 2.29. The topological polar surface area (TPSA) is 69.7 Å². The molecule has 0 aromatic heterocycles. The van der Waals surface area contributed by atoms with Crippen molar-refractivity contribution in [3.8, 4) is 0 Å². The molecule has 0 unspecified atom stereocenters. The van der Waals surface area contributed by atoms with E-state index in [9.17, 15) is 17.6 Å². The third kappa shape index (κ3) is 4.56. The highest BCUT2D eigenvalue weighted by molar-refractivity contribution is 7.89. The molecule has 1 amide bonds. The van der Waals surface area contributed by atoms with Crippen LogP contribution in [0.25, 0.3) is 0 Å². The van der Waals surface area contributed by atoms with Crippen LogP contribution in [0.5, 0.6) is 0 Å². The van der Waals surface area contributed by atoms with Gasteiger partial charge in [0.25, 0.3) is 0 Å². The van der Waals surface area contributed by atoms with E-state index in [4.69, 9.17) is 0 Å². The van der Waals surface area contributed by atoms with Crippen molar-refractivity contribution in [2.24, 2.45) is 0 Å². The monoisotopic (exact) mass is 369 g/mol. The van der Waals surface area contributed by atoms with Gasteiger partial charge in [-0.25, -0.2) is 12.8 Å². The van der Waals surface area contributed by atoms with Crippen LogP contribution in [0.3, 0.4) is 0 Å². The first-order valence-electron chi connectivity index (χ1n) is 8.72. The minimum absolute atomic E-state index is 0.00772. The Morgan fingerprint density at radius 2 is 1.84 bits per heavy atom.